The van der Waals surface area contributed by atoms with Crippen LogP contribution in [0.15, 0.2) is 0 Å². The third-order valence-corrected chi connectivity index (χ3v) is 4.97. The zero-order chi connectivity index (χ0) is 14.0. The first-order valence-corrected chi connectivity index (χ1v) is 7.89. The molecule has 0 saturated carbocycles. The molecule has 0 spiro atoms. The van der Waals surface area contributed by atoms with Gasteiger partial charge in [0.05, 0.1) is 16.2 Å². The Balaban J connectivity index is 2.22. The molecule has 1 fully saturated rings. The van der Waals surface area contributed by atoms with Crippen LogP contribution in [0.3, 0.4) is 0 Å². The summed E-state index contributed by atoms with van der Waals surface area (Å²) in [6, 6.07) is 0. The highest BCUT2D eigenvalue weighted by molar-refractivity contribution is 7.15. The number of hydrogen-bond acceptors (Lipinski definition) is 5. The summed E-state index contributed by atoms with van der Waals surface area (Å²) >= 11 is 1.66. The van der Waals surface area contributed by atoms with Gasteiger partial charge in [0.15, 0.2) is 5.13 Å². The monoisotopic (exact) mass is 283 g/mol. The van der Waals surface area contributed by atoms with E-state index < -0.39 is 5.60 Å². The maximum Gasteiger partial charge on any atom is 0.185 e. The minimum absolute atomic E-state index is 0.785. The predicted molar refractivity (Wildman–Crippen MR) is 81.1 cm³/mol. The SMILES string of the molecule is CCCc1nc(N2CCN(C)CC2)sc1C(C)(C)O. The lowest BCUT2D eigenvalue weighted by molar-refractivity contribution is 0.0813. The summed E-state index contributed by atoms with van der Waals surface area (Å²) < 4.78 is 0. The highest BCUT2D eigenvalue weighted by atomic mass is 32.1. The average Bonchev–Trinajstić information content (AvgIpc) is 2.74. The first kappa shape index (κ1) is 14.8. The van der Waals surface area contributed by atoms with Crippen molar-refractivity contribution in [2.45, 2.75) is 39.2 Å². The van der Waals surface area contributed by atoms with Gasteiger partial charge in [0.1, 0.15) is 0 Å². The van der Waals surface area contributed by atoms with Gasteiger partial charge in [-0.2, -0.15) is 0 Å². The molecule has 0 aromatic carbocycles. The van der Waals surface area contributed by atoms with Crippen LogP contribution >= 0.6 is 11.3 Å². The van der Waals surface area contributed by atoms with Gasteiger partial charge in [-0.25, -0.2) is 4.98 Å². The number of hydrogen-bond donors (Lipinski definition) is 1. The van der Waals surface area contributed by atoms with Gasteiger partial charge in [-0.05, 0) is 27.3 Å². The van der Waals surface area contributed by atoms with Crippen molar-refractivity contribution < 1.29 is 5.11 Å². The van der Waals surface area contributed by atoms with Crippen molar-refractivity contribution in [3.05, 3.63) is 10.6 Å². The molecule has 0 bridgehead atoms. The number of piperazine rings is 1. The van der Waals surface area contributed by atoms with Crippen LogP contribution in [0.4, 0.5) is 5.13 Å². The Morgan fingerprint density at radius 2 is 1.89 bits per heavy atom. The Labute approximate surface area is 120 Å². The largest absolute Gasteiger partial charge is 0.385 e. The van der Waals surface area contributed by atoms with Crippen LogP contribution in [0.1, 0.15) is 37.8 Å². The summed E-state index contributed by atoms with van der Waals surface area (Å²) in [6.45, 7) is 10.1. The van der Waals surface area contributed by atoms with Gasteiger partial charge in [0.25, 0.3) is 0 Å². The minimum atomic E-state index is -0.785. The smallest absolute Gasteiger partial charge is 0.185 e. The van der Waals surface area contributed by atoms with E-state index >= 15 is 0 Å². The molecule has 2 rings (SSSR count). The Hall–Kier alpha value is -0.650. The number of likely N-dealkylation sites (N-methyl/N-ethyl adjacent to an activating group) is 1. The molecule has 1 aliphatic heterocycles. The summed E-state index contributed by atoms with van der Waals surface area (Å²) in [5.41, 5.74) is 0.293. The lowest BCUT2D eigenvalue weighted by Gasteiger charge is -2.32. The van der Waals surface area contributed by atoms with E-state index in [1.165, 1.54) is 0 Å². The Kier molecular flexibility index (Phi) is 4.48. The van der Waals surface area contributed by atoms with E-state index in [2.05, 4.69) is 23.8 Å². The van der Waals surface area contributed by atoms with E-state index in [0.29, 0.717) is 0 Å². The molecule has 1 aliphatic rings. The highest BCUT2D eigenvalue weighted by Gasteiger charge is 2.27. The van der Waals surface area contributed by atoms with Gasteiger partial charge >= 0.3 is 0 Å². The Bertz CT molecular complexity index is 417. The van der Waals surface area contributed by atoms with E-state index in [1.807, 2.05) is 13.8 Å². The van der Waals surface area contributed by atoms with Crippen molar-refractivity contribution in [2.75, 3.05) is 38.1 Å². The zero-order valence-corrected chi connectivity index (χ0v) is 13.3. The van der Waals surface area contributed by atoms with Gasteiger partial charge in [-0.1, -0.05) is 24.7 Å². The van der Waals surface area contributed by atoms with E-state index in [4.69, 9.17) is 4.98 Å². The molecule has 19 heavy (non-hydrogen) atoms. The van der Waals surface area contributed by atoms with Crippen LogP contribution in [-0.4, -0.2) is 48.2 Å². The number of rotatable bonds is 4. The van der Waals surface area contributed by atoms with Crippen molar-refractivity contribution in [2.24, 2.45) is 0 Å². The maximum atomic E-state index is 10.3. The van der Waals surface area contributed by atoms with Crippen LogP contribution in [0.25, 0.3) is 0 Å². The number of nitrogens with zero attached hydrogens (tertiary/aromatic N) is 3. The molecule has 0 radical (unpaired) electrons. The molecule has 1 saturated heterocycles. The standard InChI is InChI=1S/C14H25N3OS/c1-5-6-11-12(14(2,3)18)19-13(15-11)17-9-7-16(4)8-10-17/h18H,5-10H2,1-4H3. The summed E-state index contributed by atoms with van der Waals surface area (Å²) in [5.74, 6) is 0. The van der Waals surface area contributed by atoms with Crippen LogP contribution in [-0.2, 0) is 12.0 Å². The molecule has 5 heteroatoms. The summed E-state index contributed by atoms with van der Waals surface area (Å²) in [7, 11) is 2.16. The van der Waals surface area contributed by atoms with Crippen molar-refractivity contribution in [1.82, 2.24) is 9.88 Å². The van der Waals surface area contributed by atoms with E-state index in [0.717, 1.165) is 54.7 Å². The second-order valence-electron chi connectivity index (χ2n) is 5.87. The van der Waals surface area contributed by atoms with E-state index in [-0.39, 0.29) is 0 Å². The molecule has 0 unspecified atom stereocenters. The fraction of sp³-hybridized carbons (Fsp3) is 0.786. The van der Waals surface area contributed by atoms with Crippen molar-refractivity contribution in [3.8, 4) is 0 Å². The van der Waals surface area contributed by atoms with Gasteiger partial charge in [0, 0.05) is 26.2 Å². The molecule has 0 aliphatic carbocycles. The normalized spacial score (nSPS) is 18.1. The predicted octanol–water partition coefficient (Wildman–Crippen LogP) is 2.07. The third kappa shape index (κ3) is 3.46. The molecule has 108 valence electrons. The Morgan fingerprint density at radius 3 is 2.42 bits per heavy atom. The molecule has 1 aromatic heterocycles. The fourth-order valence-corrected chi connectivity index (χ4v) is 3.52. The van der Waals surface area contributed by atoms with Gasteiger partial charge in [-0.15, -0.1) is 0 Å². The molecule has 0 amide bonds. The first-order valence-electron chi connectivity index (χ1n) is 7.08. The summed E-state index contributed by atoms with van der Waals surface area (Å²) in [4.78, 5) is 10.5. The van der Waals surface area contributed by atoms with E-state index in [1.54, 1.807) is 11.3 Å². The zero-order valence-electron chi connectivity index (χ0n) is 12.4. The number of aryl methyl sites for hydroxylation is 1. The fourth-order valence-electron chi connectivity index (χ4n) is 2.36. The van der Waals surface area contributed by atoms with Crippen LogP contribution in [0.2, 0.25) is 0 Å². The van der Waals surface area contributed by atoms with Gasteiger partial charge in [0.2, 0.25) is 0 Å². The summed E-state index contributed by atoms with van der Waals surface area (Å²) in [5, 5.41) is 11.4. The number of aromatic nitrogens is 1. The molecular formula is C14H25N3OS. The molecule has 0 atom stereocenters. The first-order chi connectivity index (χ1) is 8.91. The number of aliphatic hydroxyl groups is 1. The molecule has 1 aromatic rings. The number of thiazole rings is 1. The molecular weight excluding hydrogens is 258 g/mol. The second-order valence-corrected chi connectivity index (χ2v) is 6.85. The van der Waals surface area contributed by atoms with Gasteiger partial charge < -0.3 is 14.9 Å². The second kappa shape index (κ2) is 5.77. The summed E-state index contributed by atoms with van der Waals surface area (Å²) in [6.07, 6.45) is 2.01. The number of anilines is 1. The van der Waals surface area contributed by atoms with Crippen LogP contribution < -0.4 is 4.90 Å². The maximum absolute atomic E-state index is 10.3. The quantitative estimate of drug-likeness (QED) is 0.918. The van der Waals surface area contributed by atoms with E-state index in [9.17, 15) is 5.11 Å². The topological polar surface area (TPSA) is 39.6 Å². The van der Waals surface area contributed by atoms with Crippen LogP contribution in [0, 0.1) is 0 Å². The minimum Gasteiger partial charge on any atom is -0.385 e. The van der Waals surface area contributed by atoms with Crippen LogP contribution in [0.5, 0.6) is 0 Å². The van der Waals surface area contributed by atoms with Crippen molar-refractivity contribution >= 4 is 16.5 Å². The highest BCUT2D eigenvalue weighted by Crippen LogP contribution is 2.35. The Morgan fingerprint density at radius 1 is 1.26 bits per heavy atom. The third-order valence-electron chi connectivity index (χ3n) is 3.50. The molecule has 1 N–H and O–H groups in total. The van der Waals surface area contributed by atoms with Crippen molar-refractivity contribution in [1.29, 1.82) is 0 Å². The average molecular weight is 283 g/mol. The molecule has 2 heterocycles. The van der Waals surface area contributed by atoms with Gasteiger partial charge in [-0.3, -0.25) is 0 Å². The van der Waals surface area contributed by atoms with Crippen molar-refractivity contribution in [3.63, 3.8) is 0 Å². The lowest BCUT2D eigenvalue weighted by atomic mass is 10.0. The lowest BCUT2D eigenvalue weighted by Crippen LogP contribution is -2.44. The molecule has 4 nitrogen and oxygen atoms in total.